The van der Waals surface area contributed by atoms with Gasteiger partial charge in [0.2, 0.25) is 5.91 Å². The molecule has 154 valence electrons. The molecule has 7 nitrogen and oxygen atoms in total. The van der Waals surface area contributed by atoms with Crippen molar-refractivity contribution in [2.45, 2.75) is 19.8 Å². The lowest BCUT2D eigenvalue weighted by Crippen LogP contribution is -2.35. The SMILES string of the molecule is COc1ccccc1CCC(=O)OCC(=O)NCC(=O)Nc1ccc(Br)cc1C. The molecule has 0 aliphatic rings. The van der Waals surface area contributed by atoms with E-state index in [1.54, 1.807) is 13.2 Å². The van der Waals surface area contributed by atoms with E-state index in [2.05, 4.69) is 26.6 Å². The molecule has 0 saturated heterocycles. The lowest BCUT2D eigenvalue weighted by atomic mass is 10.1. The summed E-state index contributed by atoms with van der Waals surface area (Å²) in [6, 6.07) is 12.8. The van der Waals surface area contributed by atoms with E-state index in [0.29, 0.717) is 17.9 Å². The first-order valence-electron chi connectivity index (χ1n) is 8.99. The Balaban J connectivity index is 1.68. The highest BCUT2D eigenvalue weighted by Crippen LogP contribution is 2.20. The number of amides is 2. The van der Waals surface area contributed by atoms with Crippen molar-refractivity contribution in [1.82, 2.24) is 5.32 Å². The molecule has 0 aromatic heterocycles. The molecular formula is C21H23BrN2O5. The van der Waals surface area contributed by atoms with E-state index >= 15 is 0 Å². The number of esters is 1. The number of aryl methyl sites for hydroxylation is 2. The summed E-state index contributed by atoms with van der Waals surface area (Å²) < 4.78 is 11.1. The van der Waals surface area contributed by atoms with Crippen molar-refractivity contribution < 1.29 is 23.9 Å². The molecule has 2 aromatic carbocycles. The van der Waals surface area contributed by atoms with Crippen LogP contribution in [0.15, 0.2) is 46.9 Å². The number of hydrogen-bond donors (Lipinski definition) is 2. The number of carbonyl (C=O) groups excluding carboxylic acids is 3. The monoisotopic (exact) mass is 462 g/mol. The standard InChI is InChI=1S/C21H23BrN2O5/c1-14-11-16(22)8-9-17(14)24-19(25)12-23-20(26)13-29-21(27)10-7-15-5-3-4-6-18(15)28-2/h3-6,8-9,11H,7,10,12-13H2,1-2H3,(H,23,26)(H,24,25). The van der Waals surface area contributed by atoms with Crippen LogP contribution in [-0.2, 0) is 25.5 Å². The fourth-order valence-electron chi connectivity index (χ4n) is 2.56. The van der Waals surface area contributed by atoms with Gasteiger partial charge in [-0.25, -0.2) is 0 Å². The minimum Gasteiger partial charge on any atom is -0.496 e. The number of nitrogens with one attached hydrogen (secondary N) is 2. The Labute approximate surface area is 177 Å². The van der Waals surface area contributed by atoms with Crippen LogP contribution in [0.3, 0.4) is 0 Å². The topological polar surface area (TPSA) is 93.7 Å². The van der Waals surface area contributed by atoms with E-state index in [9.17, 15) is 14.4 Å². The molecule has 2 aromatic rings. The summed E-state index contributed by atoms with van der Waals surface area (Å²) in [5, 5.41) is 5.14. The quantitative estimate of drug-likeness (QED) is 0.558. The minimum atomic E-state index is -0.543. The molecule has 0 atom stereocenters. The summed E-state index contributed by atoms with van der Waals surface area (Å²) >= 11 is 3.36. The van der Waals surface area contributed by atoms with Crippen molar-refractivity contribution in [3.8, 4) is 5.75 Å². The Bertz CT molecular complexity index is 885. The first kappa shape index (κ1) is 22.4. The zero-order valence-corrected chi connectivity index (χ0v) is 17.9. The second-order valence-corrected chi connectivity index (χ2v) is 7.17. The number of para-hydroxylation sites is 1. The fraction of sp³-hybridized carbons (Fsp3) is 0.286. The Hall–Kier alpha value is -2.87. The highest BCUT2D eigenvalue weighted by molar-refractivity contribution is 9.10. The summed E-state index contributed by atoms with van der Waals surface area (Å²) in [6.07, 6.45) is 0.566. The fourth-order valence-corrected chi connectivity index (χ4v) is 3.03. The van der Waals surface area contributed by atoms with Crippen molar-refractivity contribution >= 4 is 39.4 Å². The zero-order chi connectivity index (χ0) is 21.2. The van der Waals surface area contributed by atoms with Crippen LogP contribution in [0, 0.1) is 6.92 Å². The number of hydrogen-bond acceptors (Lipinski definition) is 5. The van der Waals surface area contributed by atoms with Gasteiger partial charge < -0.3 is 20.1 Å². The molecule has 0 unspecified atom stereocenters. The molecule has 0 radical (unpaired) electrons. The van der Waals surface area contributed by atoms with Crippen LogP contribution in [0.2, 0.25) is 0 Å². The van der Waals surface area contributed by atoms with Gasteiger partial charge in [0.1, 0.15) is 5.75 Å². The van der Waals surface area contributed by atoms with Crippen LogP contribution >= 0.6 is 15.9 Å². The van der Waals surface area contributed by atoms with Crippen LogP contribution in [-0.4, -0.2) is 38.0 Å². The van der Waals surface area contributed by atoms with Crippen molar-refractivity contribution in [2.75, 3.05) is 25.6 Å². The van der Waals surface area contributed by atoms with E-state index in [0.717, 1.165) is 15.6 Å². The molecule has 0 spiro atoms. The highest BCUT2D eigenvalue weighted by Gasteiger charge is 2.11. The second-order valence-electron chi connectivity index (χ2n) is 6.26. The van der Waals surface area contributed by atoms with Gasteiger partial charge in [-0.2, -0.15) is 0 Å². The molecular weight excluding hydrogens is 440 g/mol. The van der Waals surface area contributed by atoms with Gasteiger partial charge in [0, 0.05) is 16.6 Å². The Kier molecular flexibility index (Phi) is 8.67. The number of carbonyl (C=O) groups is 3. The van der Waals surface area contributed by atoms with Crippen LogP contribution in [0.25, 0.3) is 0 Å². The Morgan fingerprint density at radius 1 is 1.07 bits per heavy atom. The van der Waals surface area contributed by atoms with E-state index in [1.165, 1.54) is 0 Å². The molecule has 0 aliphatic heterocycles. The molecule has 0 saturated carbocycles. The summed E-state index contributed by atoms with van der Waals surface area (Å²) in [5.74, 6) is -0.712. The van der Waals surface area contributed by atoms with E-state index in [1.807, 2.05) is 43.3 Å². The average Bonchev–Trinajstić information content (AvgIpc) is 2.71. The lowest BCUT2D eigenvalue weighted by molar-refractivity contribution is -0.148. The third kappa shape index (κ3) is 7.57. The van der Waals surface area contributed by atoms with Crippen LogP contribution < -0.4 is 15.4 Å². The van der Waals surface area contributed by atoms with Crippen LogP contribution in [0.1, 0.15) is 17.5 Å². The van der Waals surface area contributed by atoms with Crippen LogP contribution in [0.4, 0.5) is 5.69 Å². The molecule has 0 heterocycles. The van der Waals surface area contributed by atoms with E-state index in [-0.39, 0.29) is 18.9 Å². The predicted molar refractivity (Wildman–Crippen MR) is 113 cm³/mol. The van der Waals surface area contributed by atoms with Gasteiger partial charge >= 0.3 is 5.97 Å². The highest BCUT2D eigenvalue weighted by atomic mass is 79.9. The van der Waals surface area contributed by atoms with Gasteiger partial charge in [-0.1, -0.05) is 34.1 Å². The Morgan fingerprint density at radius 3 is 2.55 bits per heavy atom. The number of benzene rings is 2. The van der Waals surface area contributed by atoms with Gasteiger partial charge in [0.05, 0.1) is 13.7 Å². The van der Waals surface area contributed by atoms with Crippen molar-refractivity contribution in [3.05, 3.63) is 58.1 Å². The summed E-state index contributed by atoms with van der Waals surface area (Å²) in [4.78, 5) is 35.6. The second kappa shape index (κ2) is 11.2. The smallest absolute Gasteiger partial charge is 0.306 e. The maximum atomic E-state index is 12.0. The van der Waals surface area contributed by atoms with Gasteiger partial charge in [-0.3, -0.25) is 14.4 Å². The summed E-state index contributed by atoms with van der Waals surface area (Å²) in [6.45, 7) is 1.21. The van der Waals surface area contributed by atoms with E-state index in [4.69, 9.17) is 9.47 Å². The van der Waals surface area contributed by atoms with Gasteiger partial charge in [0.25, 0.3) is 5.91 Å². The summed E-state index contributed by atoms with van der Waals surface area (Å²) in [5.41, 5.74) is 2.44. The molecule has 2 N–H and O–H groups in total. The minimum absolute atomic E-state index is 0.122. The first-order valence-corrected chi connectivity index (χ1v) is 9.78. The number of methoxy groups -OCH3 is 1. The average molecular weight is 463 g/mol. The normalized spacial score (nSPS) is 10.2. The molecule has 0 fully saturated rings. The number of halogens is 1. The van der Waals surface area contributed by atoms with Gasteiger partial charge in [-0.05, 0) is 48.7 Å². The molecule has 29 heavy (non-hydrogen) atoms. The van der Waals surface area contributed by atoms with Gasteiger partial charge in [-0.15, -0.1) is 0 Å². The molecule has 8 heteroatoms. The van der Waals surface area contributed by atoms with Crippen molar-refractivity contribution in [3.63, 3.8) is 0 Å². The predicted octanol–water partition coefficient (Wildman–Crippen LogP) is 3.00. The molecule has 2 amide bonds. The molecule has 0 bridgehead atoms. The zero-order valence-electron chi connectivity index (χ0n) is 16.3. The van der Waals surface area contributed by atoms with Gasteiger partial charge in [0.15, 0.2) is 6.61 Å². The lowest BCUT2D eigenvalue weighted by Gasteiger charge is -2.10. The third-order valence-corrected chi connectivity index (χ3v) is 4.56. The van der Waals surface area contributed by atoms with Crippen LogP contribution in [0.5, 0.6) is 5.75 Å². The first-order chi connectivity index (χ1) is 13.9. The largest absolute Gasteiger partial charge is 0.496 e. The maximum Gasteiger partial charge on any atom is 0.306 e. The Morgan fingerprint density at radius 2 is 1.83 bits per heavy atom. The number of rotatable bonds is 9. The van der Waals surface area contributed by atoms with E-state index < -0.39 is 18.5 Å². The number of anilines is 1. The summed E-state index contributed by atoms with van der Waals surface area (Å²) in [7, 11) is 1.57. The molecule has 0 aliphatic carbocycles. The third-order valence-electron chi connectivity index (χ3n) is 4.06. The van der Waals surface area contributed by atoms with Crippen molar-refractivity contribution in [2.24, 2.45) is 0 Å². The maximum absolute atomic E-state index is 12.0. The van der Waals surface area contributed by atoms with Crippen molar-refractivity contribution in [1.29, 1.82) is 0 Å². The number of ether oxygens (including phenoxy) is 2. The molecule has 2 rings (SSSR count).